The normalized spacial score (nSPS) is 12.6. The lowest BCUT2D eigenvalue weighted by Gasteiger charge is -1.97. The number of thiazole rings is 1. The molecule has 5 nitrogen and oxygen atoms in total. The second-order valence-corrected chi connectivity index (χ2v) is 6.56. The van der Waals surface area contributed by atoms with Crippen LogP contribution in [0.1, 0.15) is 18.0 Å². The van der Waals surface area contributed by atoms with Crippen LogP contribution in [0.15, 0.2) is 32.6 Å². The third-order valence-corrected chi connectivity index (χ3v) is 4.99. The van der Waals surface area contributed by atoms with Gasteiger partial charge < -0.3 is 10.3 Å². The van der Waals surface area contributed by atoms with E-state index in [9.17, 15) is 0 Å². The molecule has 1 atom stereocenters. The first-order chi connectivity index (χ1) is 10.0. The molecule has 0 aliphatic rings. The Morgan fingerprint density at radius 1 is 1.38 bits per heavy atom. The summed E-state index contributed by atoms with van der Waals surface area (Å²) in [4.78, 5) is 8.74. The number of benzene rings is 1. The lowest BCUT2D eigenvalue weighted by molar-refractivity contribution is 0.431. The highest BCUT2D eigenvalue weighted by Crippen LogP contribution is 2.29. The molecule has 2 N–H and O–H groups in total. The van der Waals surface area contributed by atoms with E-state index in [0.717, 1.165) is 15.0 Å². The van der Waals surface area contributed by atoms with Crippen LogP contribution in [0.5, 0.6) is 0 Å². The van der Waals surface area contributed by atoms with E-state index < -0.39 is 0 Å². The molecule has 2 heterocycles. The summed E-state index contributed by atoms with van der Waals surface area (Å²) in [7, 11) is 0. The summed E-state index contributed by atoms with van der Waals surface area (Å²) < 4.78 is 6.04. The minimum Gasteiger partial charge on any atom is -0.332 e. The standard InChI is InChI=1S/C13H10BrClN4OS/c1-6(16)13-17-10(5-21-13)12-18-11(19-20-12)7-2-3-9(15)8(14)4-7/h2-6H,16H2,1H3. The van der Waals surface area contributed by atoms with Crippen molar-refractivity contribution in [2.24, 2.45) is 5.73 Å². The van der Waals surface area contributed by atoms with Crippen LogP contribution in [0, 0.1) is 0 Å². The Balaban J connectivity index is 1.93. The molecule has 0 amide bonds. The van der Waals surface area contributed by atoms with Crippen molar-refractivity contribution < 1.29 is 4.52 Å². The van der Waals surface area contributed by atoms with Crippen molar-refractivity contribution in [3.8, 4) is 23.0 Å². The summed E-state index contributed by atoms with van der Waals surface area (Å²) in [5.41, 5.74) is 7.24. The van der Waals surface area contributed by atoms with Gasteiger partial charge in [-0.2, -0.15) is 4.98 Å². The van der Waals surface area contributed by atoms with Gasteiger partial charge in [-0.1, -0.05) is 16.8 Å². The van der Waals surface area contributed by atoms with Gasteiger partial charge in [0, 0.05) is 15.4 Å². The van der Waals surface area contributed by atoms with Gasteiger partial charge in [-0.05, 0) is 41.1 Å². The van der Waals surface area contributed by atoms with Crippen LogP contribution in [-0.4, -0.2) is 15.1 Å². The molecule has 1 aromatic carbocycles. The van der Waals surface area contributed by atoms with E-state index in [4.69, 9.17) is 21.9 Å². The second-order valence-electron chi connectivity index (χ2n) is 4.41. The number of aromatic nitrogens is 3. The van der Waals surface area contributed by atoms with Gasteiger partial charge in [0.2, 0.25) is 5.82 Å². The Hall–Kier alpha value is -1.28. The minimum atomic E-state index is -0.113. The Morgan fingerprint density at radius 3 is 2.86 bits per heavy atom. The zero-order chi connectivity index (χ0) is 15.0. The molecule has 3 aromatic rings. The van der Waals surface area contributed by atoms with E-state index in [2.05, 4.69) is 31.1 Å². The Bertz CT molecular complexity index is 786. The van der Waals surface area contributed by atoms with Gasteiger partial charge in [-0.15, -0.1) is 11.3 Å². The molecule has 0 saturated carbocycles. The molecule has 1 unspecified atom stereocenters. The van der Waals surface area contributed by atoms with Crippen molar-refractivity contribution in [2.45, 2.75) is 13.0 Å². The van der Waals surface area contributed by atoms with Gasteiger partial charge in [0.1, 0.15) is 10.7 Å². The van der Waals surface area contributed by atoms with E-state index in [1.807, 2.05) is 24.4 Å². The highest BCUT2D eigenvalue weighted by molar-refractivity contribution is 9.10. The molecule has 21 heavy (non-hydrogen) atoms. The van der Waals surface area contributed by atoms with E-state index in [-0.39, 0.29) is 6.04 Å². The van der Waals surface area contributed by atoms with Crippen LogP contribution in [0.2, 0.25) is 5.02 Å². The summed E-state index contributed by atoms with van der Waals surface area (Å²) in [6, 6.07) is 5.33. The zero-order valence-corrected chi connectivity index (χ0v) is 14.0. The summed E-state index contributed by atoms with van der Waals surface area (Å²) >= 11 is 10.8. The maximum Gasteiger partial charge on any atom is 0.277 e. The second kappa shape index (κ2) is 5.84. The fraction of sp³-hybridized carbons (Fsp3) is 0.154. The number of rotatable bonds is 3. The molecule has 0 aliphatic heterocycles. The van der Waals surface area contributed by atoms with Gasteiger partial charge in [0.25, 0.3) is 5.89 Å². The molecule has 8 heteroatoms. The summed E-state index contributed by atoms with van der Waals surface area (Å²) in [5, 5.41) is 7.29. The van der Waals surface area contributed by atoms with Gasteiger partial charge in [0.15, 0.2) is 0 Å². The maximum absolute atomic E-state index is 5.97. The monoisotopic (exact) mass is 384 g/mol. The fourth-order valence-electron chi connectivity index (χ4n) is 1.67. The van der Waals surface area contributed by atoms with Crippen LogP contribution in [0.25, 0.3) is 23.0 Å². The average molecular weight is 386 g/mol. The third-order valence-electron chi connectivity index (χ3n) is 2.73. The minimum absolute atomic E-state index is 0.113. The number of hydrogen-bond acceptors (Lipinski definition) is 6. The van der Waals surface area contributed by atoms with Crippen molar-refractivity contribution >= 4 is 38.9 Å². The predicted molar refractivity (Wildman–Crippen MR) is 86.2 cm³/mol. The van der Waals surface area contributed by atoms with Gasteiger partial charge >= 0.3 is 0 Å². The number of hydrogen-bond donors (Lipinski definition) is 1. The lowest BCUT2D eigenvalue weighted by atomic mass is 10.2. The Kier molecular flexibility index (Phi) is 4.08. The van der Waals surface area contributed by atoms with E-state index in [1.54, 1.807) is 6.07 Å². The molecule has 0 aliphatic carbocycles. The highest BCUT2D eigenvalue weighted by atomic mass is 79.9. The average Bonchev–Trinajstić information content (AvgIpc) is 3.09. The van der Waals surface area contributed by atoms with E-state index in [0.29, 0.717) is 22.4 Å². The quantitative estimate of drug-likeness (QED) is 0.727. The first kappa shape index (κ1) is 14.6. The van der Waals surface area contributed by atoms with Gasteiger partial charge in [-0.25, -0.2) is 4.98 Å². The lowest BCUT2D eigenvalue weighted by Crippen LogP contribution is -2.03. The SMILES string of the molecule is CC(N)c1nc(-c2nc(-c3ccc(Cl)c(Br)c3)no2)cs1. The molecule has 2 aromatic heterocycles. The van der Waals surface area contributed by atoms with Gasteiger partial charge in [-0.3, -0.25) is 0 Å². The first-order valence-corrected chi connectivity index (χ1v) is 8.10. The molecule has 3 rings (SSSR count). The summed E-state index contributed by atoms with van der Waals surface area (Å²) in [6.07, 6.45) is 0. The largest absolute Gasteiger partial charge is 0.332 e. The first-order valence-electron chi connectivity index (χ1n) is 6.05. The Labute approximate surface area is 138 Å². The number of nitrogens with zero attached hydrogens (tertiary/aromatic N) is 3. The third kappa shape index (κ3) is 3.01. The number of halogens is 2. The molecule has 108 valence electrons. The smallest absolute Gasteiger partial charge is 0.277 e. The molecule has 0 saturated heterocycles. The van der Waals surface area contributed by atoms with Crippen LogP contribution >= 0.6 is 38.9 Å². The summed E-state index contributed by atoms with van der Waals surface area (Å²) in [5.74, 6) is 0.858. The molecule has 0 radical (unpaired) electrons. The maximum atomic E-state index is 5.97. The Morgan fingerprint density at radius 2 is 2.19 bits per heavy atom. The van der Waals surface area contributed by atoms with Crippen LogP contribution < -0.4 is 5.73 Å². The number of nitrogens with two attached hydrogens (primary N) is 1. The fourth-order valence-corrected chi connectivity index (χ4v) is 2.92. The van der Waals surface area contributed by atoms with Crippen molar-refractivity contribution in [1.29, 1.82) is 0 Å². The van der Waals surface area contributed by atoms with E-state index >= 15 is 0 Å². The zero-order valence-electron chi connectivity index (χ0n) is 10.9. The van der Waals surface area contributed by atoms with Crippen LogP contribution in [0.4, 0.5) is 0 Å². The summed E-state index contributed by atoms with van der Waals surface area (Å²) in [6.45, 7) is 1.88. The molecule has 0 bridgehead atoms. The van der Waals surface area contributed by atoms with Crippen molar-refractivity contribution in [3.05, 3.63) is 38.1 Å². The van der Waals surface area contributed by atoms with Crippen molar-refractivity contribution in [2.75, 3.05) is 0 Å². The molecule has 0 fully saturated rings. The van der Waals surface area contributed by atoms with Crippen LogP contribution in [0.3, 0.4) is 0 Å². The van der Waals surface area contributed by atoms with Crippen molar-refractivity contribution in [1.82, 2.24) is 15.1 Å². The topological polar surface area (TPSA) is 77.8 Å². The highest BCUT2D eigenvalue weighted by Gasteiger charge is 2.15. The van der Waals surface area contributed by atoms with Crippen molar-refractivity contribution in [3.63, 3.8) is 0 Å². The van der Waals surface area contributed by atoms with Gasteiger partial charge in [0.05, 0.1) is 11.1 Å². The van der Waals surface area contributed by atoms with Crippen LogP contribution in [-0.2, 0) is 0 Å². The molecular weight excluding hydrogens is 376 g/mol. The molecule has 0 spiro atoms. The predicted octanol–water partition coefficient (Wildman–Crippen LogP) is 4.30. The van der Waals surface area contributed by atoms with E-state index in [1.165, 1.54) is 11.3 Å². The molecular formula is C13H10BrClN4OS.